The number of benzene rings is 1. The van der Waals surface area contributed by atoms with Crippen molar-refractivity contribution in [1.29, 1.82) is 0 Å². The van der Waals surface area contributed by atoms with E-state index in [1.54, 1.807) is 11.9 Å². The van der Waals surface area contributed by atoms with E-state index in [0.29, 0.717) is 11.6 Å². The average Bonchev–Trinajstić information content (AvgIpc) is 3.04. The highest BCUT2D eigenvalue weighted by atomic mass is 35.5. The molecule has 1 aliphatic heterocycles. The number of aryl methyl sites for hydroxylation is 1. The van der Waals surface area contributed by atoms with Crippen LogP contribution in [-0.4, -0.2) is 47.0 Å². The van der Waals surface area contributed by atoms with Crippen LogP contribution in [0.2, 0.25) is 5.02 Å². The number of carbonyl (C=O) groups excluding carboxylic acids is 1. The summed E-state index contributed by atoms with van der Waals surface area (Å²) >= 11 is 6.20. The number of hydrogen-bond donors (Lipinski definition) is 1. The molecular formula is C19H24ClN5O. The smallest absolute Gasteiger partial charge is 0.291 e. The van der Waals surface area contributed by atoms with Crippen molar-refractivity contribution in [2.75, 3.05) is 25.0 Å². The predicted molar refractivity (Wildman–Crippen MR) is 104 cm³/mol. The van der Waals surface area contributed by atoms with Crippen molar-refractivity contribution in [3.63, 3.8) is 0 Å². The number of anilines is 1. The molecule has 0 bridgehead atoms. The summed E-state index contributed by atoms with van der Waals surface area (Å²) in [4.78, 5) is 25.6. The van der Waals surface area contributed by atoms with Crippen molar-refractivity contribution in [3.05, 3.63) is 51.9 Å². The molecule has 2 aromatic rings. The summed E-state index contributed by atoms with van der Waals surface area (Å²) in [5.74, 6) is 0.788. The third kappa shape index (κ3) is 3.81. The zero-order chi connectivity index (χ0) is 18.8. The van der Waals surface area contributed by atoms with Gasteiger partial charge in [-0.2, -0.15) is 0 Å². The van der Waals surface area contributed by atoms with E-state index in [1.165, 1.54) is 0 Å². The van der Waals surface area contributed by atoms with Gasteiger partial charge in [-0.1, -0.05) is 29.8 Å². The Morgan fingerprint density at radius 2 is 2.08 bits per heavy atom. The van der Waals surface area contributed by atoms with E-state index in [4.69, 9.17) is 17.3 Å². The molecule has 26 heavy (non-hydrogen) atoms. The lowest BCUT2D eigenvalue weighted by Gasteiger charge is -2.22. The monoisotopic (exact) mass is 373 g/mol. The minimum Gasteiger partial charge on any atom is -0.355 e. The Balaban J connectivity index is 1.85. The Bertz CT molecular complexity index is 826. The second kappa shape index (κ2) is 7.60. The minimum absolute atomic E-state index is 0.145. The third-order valence-electron chi connectivity index (χ3n) is 4.79. The van der Waals surface area contributed by atoms with Gasteiger partial charge in [0.15, 0.2) is 0 Å². The van der Waals surface area contributed by atoms with Gasteiger partial charge in [0.1, 0.15) is 5.82 Å². The van der Waals surface area contributed by atoms with Crippen molar-refractivity contribution in [2.45, 2.75) is 32.9 Å². The summed E-state index contributed by atoms with van der Waals surface area (Å²) in [5.41, 5.74) is 8.71. The second-order valence-corrected chi connectivity index (χ2v) is 7.24. The molecule has 2 heterocycles. The van der Waals surface area contributed by atoms with Crippen LogP contribution in [0.4, 0.5) is 5.82 Å². The Hall–Kier alpha value is -2.18. The maximum absolute atomic E-state index is 12.9. The fourth-order valence-corrected chi connectivity index (χ4v) is 3.32. The molecule has 138 valence electrons. The molecule has 1 fully saturated rings. The number of nitrogens with zero attached hydrogens (tertiary/aromatic N) is 4. The summed E-state index contributed by atoms with van der Waals surface area (Å²) in [5, 5.41) is 0.639. The first kappa shape index (κ1) is 18.6. The van der Waals surface area contributed by atoms with Crippen molar-refractivity contribution < 1.29 is 4.79 Å². The van der Waals surface area contributed by atoms with Crippen LogP contribution in [0.3, 0.4) is 0 Å². The van der Waals surface area contributed by atoms with Gasteiger partial charge in [0.2, 0.25) is 5.82 Å². The quantitative estimate of drug-likeness (QED) is 0.891. The number of halogens is 1. The largest absolute Gasteiger partial charge is 0.355 e. The van der Waals surface area contributed by atoms with Gasteiger partial charge in [0, 0.05) is 49.0 Å². The zero-order valence-electron chi connectivity index (χ0n) is 15.4. The van der Waals surface area contributed by atoms with Crippen molar-refractivity contribution in [2.24, 2.45) is 5.73 Å². The Morgan fingerprint density at radius 3 is 2.73 bits per heavy atom. The summed E-state index contributed by atoms with van der Waals surface area (Å²) < 4.78 is 0. The molecule has 2 N–H and O–H groups in total. The molecule has 0 unspecified atom stereocenters. The maximum Gasteiger partial charge on any atom is 0.291 e. The van der Waals surface area contributed by atoms with Crippen molar-refractivity contribution in [1.82, 2.24) is 14.9 Å². The molecular weight excluding hydrogens is 350 g/mol. The van der Waals surface area contributed by atoms with Crippen LogP contribution in [0, 0.1) is 13.8 Å². The predicted octanol–water partition coefficient (Wildman–Crippen LogP) is 2.56. The Kier molecular flexibility index (Phi) is 5.44. The highest BCUT2D eigenvalue weighted by Crippen LogP contribution is 2.24. The van der Waals surface area contributed by atoms with Crippen molar-refractivity contribution in [3.8, 4) is 0 Å². The van der Waals surface area contributed by atoms with Gasteiger partial charge >= 0.3 is 0 Å². The van der Waals surface area contributed by atoms with Gasteiger partial charge in [-0.05, 0) is 31.9 Å². The summed E-state index contributed by atoms with van der Waals surface area (Å²) in [6.07, 6.45) is 0.929. The highest BCUT2D eigenvalue weighted by Gasteiger charge is 2.25. The van der Waals surface area contributed by atoms with Gasteiger partial charge in [0.05, 0.1) is 0 Å². The Labute approximate surface area is 159 Å². The standard InChI is InChI=1S/C19H24ClN5O/c1-12-13(2)22-17(23-18(12)25-9-8-15(21)11-25)19(26)24(3)10-14-6-4-5-7-16(14)20/h4-7,15H,8-11,21H2,1-3H3/t15-/m1/s1. The first-order chi connectivity index (χ1) is 12.4. The van der Waals surface area contributed by atoms with Crippen LogP contribution in [0.5, 0.6) is 0 Å². The van der Waals surface area contributed by atoms with Crippen LogP contribution in [0.15, 0.2) is 24.3 Å². The molecule has 7 heteroatoms. The van der Waals surface area contributed by atoms with Crippen LogP contribution >= 0.6 is 11.6 Å². The maximum atomic E-state index is 12.9. The molecule has 1 aliphatic rings. The number of carbonyl (C=O) groups is 1. The molecule has 0 radical (unpaired) electrons. The molecule has 1 atom stereocenters. The van der Waals surface area contributed by atoms with Gasteiger partial charge in [-0.3, -0.25) is 4.79 Å². The van der Waals surface area contributed by atoms with E-state index in [-0.39, 0.29) is 17.8 Å². The molecule has 0 saturated carbocycles. The third-order valence-corrected chi connectivity index (χ3v) is 5.16. The summed E-state index contributed by atoms with van der Waals surface area (Å²) in [7, 11) is 1.73. The van der Waals surface area contributed by atoms with E-state index < -0.39 is 0 Å². The normalized spacial score (nSPS) is 16.8. The molecule has 6 nitrogen and oxygen atoms in total. The fraction of sp³-hybridized carbons (Fsp3) is 0.421. The fourth-order valence-electron chi connectivity index (χ4n) is 3.12. The van der Waals surface area contributed by atoms with E-state index in [1.807, 2.05) is 38.1 Å². The molecule has 1 aromatic heterocycles. The SMILES string of the molecule is Cc1nc(C(=O)N(C)Cc2ccccc2Cl)nc(N2CC[C@@H](N)C2)c1C. The average molecular weight is 374 g/mol. The van der Waals surface area contributed by atoms with Crippen LogP contribution < -0.4 is 10.6 Å². The number of rotatable bonds is 4. The topological polar surface area (TPSA) is 75.4 Å². The van der Waals surface area contributed by atoms with Crippen LogP contribution in [-0.2, 0) is 6.54 Å². The van der Waals surface area contributed by atoms with Gasteiger partial charge in [0.25, 0.3) is 5.91 Å². The van der Waals surface area contributed by atoms with Crippen LogP contribution in [0.1, 0.15) is 33.9 Å². The van der Waals surface area contributed by atoms with E-state index >= 15 is 0 Å². The second-order valence-electron chi connectivity index (χ2n) is 6.83. The van der Waals surface area contributed by atoms with Gasteiger partial charge in [-0.15, -0.1) is 0 Å². The van der Waals surface area contributed by atoms with Gasteiger partial charge in [-0.25, -0.2) is 9.97 Å². The molecule has 0 spiro atoms. The lowest BCUT2D eigenvalue weighted by molar-refractivity contribution is 0.0772. The first-order valence-electron chi connectivity index (χ1n) is 8.71. The molecule has 3 rings (SSSR count). The van der Waals surface area contributed by atoms with Crippen molar-refractivity contribution >= 4 is 23.3 Å². The summed E-state index contributed by atoms with van der Waals surface area (Å²) in [6, 6.07) is 7.64. The molecule has 0 aliphatic carbocycles. The van der Waals surface area contributed by atoms with E-state index in [0.717, 1.165) is 42.1 Å². The molecule has 1 amide bonds. The highest BCUT2D eigenvalue weighted by molar-refractivity contribution is 6.31. The van der Waals surface area contributed by atoms with E-state index in [9.17, 15) is 4.79 Å². The summed E-state index contributed by atoms with van der Waals surface area (Å²) in [6.45, 7) is 5.89. The molecule has 1 aromatic carbocycles. The Morgan fingerprint density at radius 1 is 1.35 bits per heavy atom. The van der Waals surface area contributed by atoms with Gasteiger partial charge < -0.3 is 15.5 Å². The zero-order valence-corrected chi connectivity index (χ0v) is 16.1. The molecule has 1 saturated heterocycles. The lowest BCUT2D eigenvalue weighted by atomic mass is 10.2. The first-order valence-corrected chi connectivity index (χ1v) is 9.09. The number of nitrogens with two attached hydrogens (primary N) is 1. The lowest BCUT2D eigenvalue weighted by Crippen LogP contribution is -2.31. The van der Waals surface area contributed by atoms with Crippen LogP contribution in [0.25, 0.3) is 0 Å². The minimum atomic E-state index is -0.224. The number of hydrogen-bond acceptors (Lipinski definition) is 5. The number of aromatic nitrogens is 2. The van der Waals surface area contributed by atoms with E-state index in [2.05, 4.69) is 14.9 Å². The number of amides is 1.